The van der Waals surface area contributed by atoms with Gasteiger partial charge in [-0.05, 0) is 117 Å². The molecule has 4 aliphatic rings. The van der Waals surface area contributed by atoms with E-state index in [2.05, 4.69) is 40.7 Å². The van der Waals surface area contributed by atoms with Gasteiger partial charge in [-0.1, -0.05) is 65.5 Å². The van der Waals surface area contributed by atoms with Crippen molar-refractivity contribution < 1.29 is 10.2 Å². The molecule has 33 heavy (non-hydrogen) atoms. The van der Waals surface area contributed by atoms with Crippen LogP contribution in [-0.2, 0) is 0 Å². The summed E-state index contributed by atoms with van der Waals surface area (Å²) in [5.41, 5.74) is 2.28. The molecule has 190 valence electrons. The fraction of sp³-hybridized carbons (Fsp3) is 0.935. The van der Waals surface area contributed by atoms with Gasteiger partial charge in [-0.3, -0.25) is 0 Å². The molecule has 0 unspecified atom stereocenters. The van der Waals surface area contributed by atoms with E-state index in [9.17, 15) is 10.2 Å². The Morgan fingerprint density at radius 1 is 1.00 bits per heavy atom. The number of fused-ring (bicyclic) bond motifs is 5. The molecule has 4 rings (SSSR count). The molecule has 0 spiro atoms. The van der Waals surface area contributed by atoms with Crippen molar-refractivity contribution in [3.63, 3.8) is 0 Å². The van der Waals surface area contributed by atoms with Crippen molar-refractivity contribution in [1.82, 2.24) is 0 Å². The Balaban J connectivity index is 1.39. The molecular formula is C31H54O2. The van der Waals surface area contributed by atoms with Crippen LogP contribution in [0.4, 0.5) is 0 Å². The van der Waals surface area contributed by atoms with Gasteiger partial charge in [0.25, 0.3) is 0 Å². The first-order valence-electron chi connectivity index (χ1n) is 14.4. The number of aliphatic hydroxyl groups is 2. The maximum atomic E-state index is 10.7. The molecule has 0 radical (unpaired) electrons. The Bertz CT molecular complexity index is 720. The Morgan fingerprint density at radius 3 is 2.48 bits per heavy atom. The normalized spacial score (nSPS) is 43.9. The largest absolute Gasteiger partial charge is 0.396 e. The number of hydrogen-bond donors (Lipinski definition) is 2. The maximum Gasteiger partial charge on any atom is 0.0657 e. The monoisotopic (exact) mass is 458 g/mol. The number of rotatable bonds is 8. The molecule has 4 aliphatic carbocycles. The summed E-state index contributed by atoms with van der Waals surface area (Å²) in [4.78, 5) is 0. The van der Waals surface area contributed by atoms with Gasteiger partial charge in [-0.2, -0.15) is 0 Å². The number of unbranched alkanes of at least 4 members (excludes halogenated alkanes) is 1. The van der Waals surface area contributed by atoms with Crippen molar-refractivity contribution in [2.45, 2.75) is 131 Å². The Labute approximate surface area is 205 Å². The molecule has 0 bridgehead atoms. The molecule has 2 nitrogen and oxygen atoms in total. The Kier molecular flexibility index (Phi) is 7.23. The van der Waals surface area contributed by atoms with Crippen molar-refractivity contribution in [2.24, 2.45) is 45.8 Å². The van der Waals surface area contributed by atoms with E-state index >= 15 is 0 Å². The van der Waals surface area contributed by atoms with Gasteiger partial charge >= 0.3 is 0 Å². The van der Waals surface area contributed by atoms with E-state index in [1.807, 2.05) is 6.92 Å². The van der Waals surface area contributed by atoms with Gasteiger partial charge in [0.2, 0.25) is 0 Å². The van der Waals surface area contributed by atoms with E-state index in [0.717, 1.165) is 48.9 Å². The molecule has 0 heterocycles. The third-order valence-electron chi connectivity index (χ3n) is 11.7. The molecule has 0 aliphatic heterocycles. The van der Waals surface area contributed by atoms with Crippen LogP contribution in [-0.4, -0.2) is 22.4 Å². The van der Waals surface area contributed by atoms with Crippen LogP contribution < -0.4 is 0 Å². The van der Waals surface area contributed by atoms with Gasteiger partial charge in [0.1, 0.15) is 0 Å². The van der Waals surface area contributed by atoms with Crippen LogP contribution in [0.3, 0.4) is 0 Å². The summed E-state index contributed by atoms with van der Waals surface area (Å²) in [6.45, 7) is 14.8. The summed E-state index contributed by atoms with van der Waals surface area (Å²) in [5.74, 6) is 4.36. The summed E-state index contributed by atoms with van der Waals surface area (Å²) in [6, 6.07) is 0. The minimum atomic E-state index is -0.484. The first-order chi connectivity index (χ1) is 15.4. The minimum Gasteiger partial charge on any atom is -0.396 e. The van der Waals surface area contributed by atoms with Gasteiger partial charge in [0.15, 0.2) is 0 Å². The summed E-state index contributed by atoms with van der Waals surface area (Å²) < 4.78 is 0. The molecule has 0 aromatic carbocycles. The van der Waals surface area contributed by atoms with Gasteiger partial charge in [0.05, 0.1) is 5.60 Å². The van der Waals surface area contributed by atoms with Crippen molar-refractivity contribution in [3.8, 4) is 0 Å². The van der Waals surface area contributed by atoms with Crippen molar-refractivity contribution in [3.05, 3.63) is 11.6 Å². The van der Waals surface area contributed by atoms with E-state index in [-0.39, 0.29) is 5.41 Å². The third kappa shape index (κ3) is 4.87. The lowest BCUT2D eigenvalue weighted by atomic mass is 9.46. The van der Waals surface area contributed by atoms with Crippen LogP contribution in [0.15, 0.2) is 11.6 Å². The highest BCUT2D eigenvalue weighted by molar-refractivity contribution is 5.26. The number of hydrogen-bond acceptors (Lipinski definition) is 2. The Morgan fingerprint density at radius 2 is 1.76 bits per heavy atom. The van der Waals surface area contributed by atoms with Crippen LogP contribution in [0.2, 0.25) is 0 Å². The molecular weight excluding hydrogens is 404 g/mol. The molecule has 3 saturated carbocycles. The van der Waals surface area contributed by atoms with E-state index in [4.69, 9.17) is 0 Å². The smallest absolute Gasteiger partial charge is 0.0657 e. The molecule has 0 amide bonds. The van der Waals surface area contributed by atoms with Gasteiger partial charge in [-0.25, -0.2) is 0 Å². The van der Waals surface area contributed by atoms with Crippen LogP contribution in [0.25, 0.3) is 0 Å². The van der Waals surface area contributed by atoms with Crippen LogP contribution >= 0.6 is 0 Å². The second kappa shape index (κ2) is 9.27. The summed E-state index contributed by atoms with van der Waals surface area (Å²) >= 11 is 0. The SMILES string of the molecule is C[C@H](CCCCC(C)(C)CCO)[C@H]1CC[C@H]2[C@@H]3CC=C4C[C@@](C)(O)CC[C@]4(C)[C@H]3CC[C@]12C. The van der Waals surface area contributed by atoms with E-state index < -0.39 is 5.60 Å². The molecule has 2 heteroatoms. The molecule has 0 saturated heterocycles. The fourth-order valence-electron chi connectivity index (χ4n) is 9.48. The third-order valence-corrected chi connectivity index (χ3v) is 11.7. The predicted molar refractivity (Wildman–Crippen MR) is 139 cm³/mol. The predicted octanol–water partition coefficient (Wildman–Crippen LogP) is 7.92. The summed E-state index contributed by atoms with van der Waals surface area (Å²) in [6.07, 6.45) is 18.9. The topological polar surface area (TPSA) is 40.5 Å². The highest BCUT2D eigenvalue weighted by atomic mass is 16.3. The van der Waals surface area contributed by atoms with Crippen LogP contribution in [0, 0.1) is 45.8 Å². The lowest BCUT2D eigenvalue weighted by molar-refractivity contribution is -0.0705. The first-order valence-corrected chi connectivity index (χ1v) is 14.4. The van der Waals surface area contributed by atoms with E-state index in [1.54, 1.807) is 5.57 Å². The van der Waals surface area contributed by atoms with Crippen LogP contribution in [0.5, 0.6) is 0 Å². The second-order valence-corrected chi connectivity index (χ2v) is 14.5. The highest BCUT2D eigenvalue weighted by Crippen LogP contribution is 2.67. The average Bonchev–Trinajstić information content (AvgIpc) is 3.09. The molecule has 0 aromatic heterocycles. The Hall–Kier alpha value is -0.340. The average molecular weight is 459 g/mol. The molecule has 2 N–H and O–H groups in total. The quantitative estimate of drug-likeness (QED) is 0.286. The number of allylic oxidation sites excluding steroid dienone is 1. The maximum absolute atomic E-state index is 10.7. The van der Waals surface area contributed by atoms with Crippen molar-refractivity contribution in [1.29, 1.82) is 0 Å². The van der Waals surface area contributed by atoms with Crippen LogP contribution in [0.1, 0.15) is 125 Å². The lowest BCUT2D eigenvalue weighted by Gasteiger charge is -2.59. The standard InChI is InChI=1S/C31H54O2/c1-22(9-7-8-15-28(2,3)19-20-32)25-12-13-26-24-11-10-23-21-29(4,33)17-18-30(23,5)27(24)14-16-31(25,26)6/h10,22,24-27,32-33H,7-9,11-21H2,1-6H3/t22-,24+,25-,26+,27+,29+,30+,31-/m1/s1. The zero-order valence-corrected chi connectivity index (χ0v) is 22.8. The summed E-state index contributed by atoms with van der Waals surface area (Å²) in [5, 5.41) is 20.0. The molecule has 0 aromatic rings. The fourth-order valence-corrected chi connectivity index (χ4v) is 9.48. The van der Waals surface area contributed by atoms with E-state index in [0.29, 0.717) is 17.4 Å². The molecule has 8 atom stereocenters. The van der Waals surface area contributed by atoms with Gasteiger partial charge in [0, 0.05) is 6.61 Å². The zero-order chi connectivity index (χ0) is 24.1. The first kappa shape index (κ1) is 25.7. The lowest BCUT2D eigenvalue weighted by Crippen LogP contribution is -2.52. The van der Waals surface area contributed by atoms with Crippen molar-refractivity contribution in [2.75, 3.05) is 6.61 Å². The highest BCUT2D eigenvalue weighted by Gasteiger charge is 2.59. The van der Waals surface area contributed by atoms with Crippen molar-refractivity contribution >= 4 is 0 Å². The number of aliphatic hydroxyl groups excluding tert-OH is 1. The summed E-state index contributed by atoms with van der Waals surface area (Å²) in [7, 11) is 0. The van der Waals surface area contributed by atoms with Gasteiger partial charge < -0.3 is 10.2 Å². The van der Waals surface area contributed by atoms with E-state index in [1.165, 1.54) is 64.2 Å². The molecule has 3 fully saturated rings. The second-order valence-electron chi connectivity index (χ2n) is 14.5. The van der Waals surface area contributed by atoms with Gasteiger partial charge in [-0.15, -0.1) is 0 Å². The minimum absolute atomic E-state index is 0.289. The zero-order valence-electron chi connectivity index (χ0n) is 22.8.